The van der Waals surface area contributed by atoms with Crippen LogP contribution >= 0.6 is 0 Å². The molecular weight excluding hydrogens is 388 g/mol. The molecule has 1 N–H and O–H groups in total. The number of carbonyl (C=O) groups is 1. The summed E-state index contributed by atoms with van der Waals surface area (Å²) in [6, 6.07) is 7.07. The summed E-state index contributed by atoms with van der Waals surface area (Å²) in [6.07, 6.45) is 10.0. The number of nitrogens with zero attached hydrogens (tertiary/aromatic N) is 3. The molecule has 1 amide bonds. The molecule has 0 spiro atoms. The Morgan fingerprint density at radius 2 is 1.61 bits per heavy atom. The van der Waals surface area contributed by atoms with Crippen LogP contribution in [0.1, 0.15) is 69.4 Å². The van der Waals surface area contributed by atoms with Crippen molar-refractivity contribution in [1.82, 2.24) is 19.4 Å². The van der Waals surface area contributed by atoms with Gasteiger partial charge in [-0.15, -0.1) is 0 Å². The molecule has 0 unspecified atom stereocenters. The van der Waals surface area contributed by atoms with Crippen molar-refractivity contribution in [3.63, 3.8) is 0 Å². The highest BCUT2D eigenvalue weighted by Crippen LogP contribution is 2.33. The molecule has 168 valence electrons. The number of piperidine rings is 2. The summed E-state index contributed by atoms with van der Waals surface area (Å²) >= 11 is 0. The highest BCUT2D eigenvalue weighted by Gasteiger charge is 2.34. The second kappa shape index (κ2) is 8.81. The Balaban J connectivity index is 1.17. The third-order valence-corrected chi connectivity index (χ3v) is 7.97. The maximum atomic E-state index is 12.9. The van der Waals surface area contributed by atoms with Gasteiger partial charge in [0.25, 0.3) is 0 Å². The molecule has 1 aromatic heterocycles. The fraction of sp³-hybridized carbons (Fsp3) is 0.680. The number of H-pyrrole nitrogens is 1. The molecule has 0 radical (unpaired) electrons. The molecule has 6 heteroatoms. The standard InChI is InChI=1S/C25H36N4O2/c1-18-5-10-22-23(17-18)29(25(31)26-22)21-11-15-27(16-12-21)20-8-6-19(7-9-20)24(30)28-13-3-2-4-14-28/h5,10,17,19-21H,2-4,6-9,11-16H2,1H3,(H,26,31). The molecule has 1 aliphatic carbocycles. The third-order valence-electron chi connectivity index (χ3n) is 7.97. The fourth-order valence-corrected chi connectivity index (χ4v) is 6.16. The highest BCUT2D eigenvalue weighted by atomic mass is 16.2. The maximum absolute atomic E-state index is 12.9. The lowest BCUT2D eigenvalue weighted by atomic mass is 9.83. The number of aromatic nitrogens is 2. The van der Waals surface area contributed by atoms with Gasteiger partial charge in [0.05, 0.1) is 11.0 Å². The minimum atomic E-state index is 0.0239. The summed E-state index contributed by atoms with van der Waals surface area (Å²) in [7, 11) is 0. The first-order valence-electron chi connectivity index (χ1n) is 12.3. The van der Waals surface area contributed by atoms with E-state index in [0.717, 1.165) is 75.7 Å². The second-order valence-corrected chi connectivity index (χ2v) is 9.98. The van der Waals surface area contributed by atoms with Gasteiger partial charge in [-0.3, -0.25) is 9.36 Å². The molecule has 3 heterocycles. The first-order valence-corrected chi connectivity index (χ1v) is 12.3. The van der Waals surface area contributed by atoms with Gasteiger partial charge in [0.2, 0.25) is 5.91 Å². The topological polar surface area (TPSA) is 61.3 Å². The van der Waals surface area contributed by atoms with E-state index in [2.05, 4.69) is 33.8 Å². The highest BCUT2D eigenvalue weighted by molar-refractivity contribution is 5.79. The van der Waals surface area contributed by atoms with E-state index in [1.165, 1.54) is 24.8 Å². The van der Waals surface area contributed by atoms with E-state index in [-0.39, 0.29) is 17.6 Å². The number of hydrogen-bond donors (Lipinski definition) is 1. The molecule has 31 heavy (non-hydrogen) atoms. The van der Waals surface area contributed by atoms with Crippen LogP contribution in [0, 0.1) is 12.8 Å². The lowest BCUT2D eigenvalue weighted by molar-refractivity contribution is -0.137. The van der Waals surface area contributed by atoms with Gasteiger partial charge in [-0.05, 0) is 82.4 Å². The summed E-state index contributed by atoms with van der Waals surface area (Å²) < 4.78 is 1.99. The number of imidazole rings is 1. The van der Waals surface area contributed by atoms with Crippen molar-refractivity contribution < 1.29 is 4.79 Å². The molecule has 2 aromatic rings. The number of aryl methyl sites for hydroxylation is 1. The molecule has 2 saturated heterocycles. The first kappa shape index (κ1) is 20.8. The van der Waals surface area contributed by atoms with Crippen LogP contribution < -0.4 is 5.69 Å². The van der Waals surface area contributed by atoms with Crippen LogP contribution in [0.25, 0.3) is 11.0 Å². The smallest absolute Gasteiger partial charge is 0.326 e. The molecule has 5 rings (SSSR count). The largest absolute Gasteiger partial charge is 0.342 e. The van der Waals surface area contributed by atoms with Crippen molar-refractivity contribution in [2.24, 2.45) is 5.92 Å². The predicted molar refractivity (Wildman–Crippen MR) is 123 cm³/mol. The average molecular weight is 425 g/mol. The van der Waals surface area contributed by atoms with E-state index in [4.69, 9.17) is 0 Å². The lowest BCUT2D eigenvalue weighted by Crippen LogP contribution is -2.46. The maximum Gasteiger partial charge on any atom is 0.326 e. The molecule has 1 saturated carbocycles. The molecule has 3 fully saturated rings. The zero-order valence-corrected chi connectivity index (χ0v) is 18.8. The Hall–Kier alpha value is -2.08. The summed E-state index contributed by atoms with van der Waals surface area (Å²) in [6.45, 7) is 6.12. The zero-order chi connectivity index (χ0) is 21.4. The SMILES string of the molecule is Cc1ccc2[nH]c(=O)n(C3CCN(C4CCC(C(=O)N5CCCCC5)CC4)CC3)c2c1. The Bertz CT molecular complexity index is 971. The number of aromatic amines is 1. The quantitative estimate of drug-likeness (QED) is 0.814. The summed E-state index contributed by atoms with van der Waals surface area (Å²) in [5.74, 6) is 0.672. The molecular formula is C25H36N4O2. The van der Waals surface area contributed by atoms with Crippen LogP contribution in [0.3, 0.4) is 0 Å². The van der Waals surface area contributed by atoms with E-state index in [9.17, 15) is 9.59 Å². The van der Waals surface area contributed by atoms with Crippen molar-refractivity contribution in [2.75, 3.05) is 26.2 Å². The first-order chi connectivity index (χ1) is 15.1. The number of nitrogens with one attached hydrogen (secondary N) is 1. The van der Waals surface area contributed by atoms with Crippen molar-refractivity contribution in [2.45, 2.75) is 76.8 Å². The van der Waals surface area contributed by atoms with Crippen molar-refractivity contribution in [3.05, 3.63) is 34.2 Å². The van der Waals surface area contributed by atoms with Crippen molar-refractivity contribution in [3.8, 4) is 0 Å². The monoisotopic (exact) mass is 424 g/mol. The minimum absolute atomic E-state index is 0.0239. The Labute approximate surface area is 184 Å². The number of hydrogen-bond acceptors (Lipinski definition) is 3. The number of benzene rings is 1. The van der Waals surface area contributed by atoms with E-state index >= 15 is 0 Å². The average Bonchev–Trinajstić information content (AvgIpc) is 3.14. The minimum Gasteiger partial charge on any atom is -0.342 e. The number of fused-ring (bicyclic) bond motifs is 1. The summed E-state index contributed by atoms with van der Waals surface area (Å²) in [5, 5.41) is 0. The molecule has 6 nitrogen and oxygen atoms in total. The number of likely N-dealkylation sites (tertiary alicyclic amines) is 2. The van der Waals surface area contributed by atoms with Gasteiger partial charge in [0.15, 0.2) is 0 Å². The molecule has 3 aliphatic rings. The van der Waals surface area contributed by atoms with Crippen LogP contribution in [-0.4, -0.2) is 57.5 Å². The van der Waals surface area contributed by atoms with E-state index in [1.54, 1.807) is 0 Å². The summed E-state index contributed by atoms with van der Waals surface area (Å²) in [4.78, 5) is 33.3. The van der Waals surface area contributed by atoms with E-state index in [1.807, 2.05) is 10.6 Å². The zero-order valence-electron chi connectivity index (χ0n) is 18.8. The van der Waals surface area contributed by atoms with Gasteiger partial charge in [-0.1, -0.05) is 6.07 Å². The molecule has 0 atom stereocenters. The van der Waals surface area contributed by atoms with Crippen molar-refractivity contribution >= 4 is 16.9 Å². The van der Waals surface area contributed by atoms with Crippen LogP contribution in [0.4, 0.5) is 0 Å². The Kier molecular flexibility index (Phi) is 5.91. The van der Waals surface area contributed by atoms with Gasteiger partial charge < -0.3 is 14.8 Å². The van der Waals surface area contributed by atoms with Gasteiger partial charge in [0.1, 0.15) is 0 Å². The summed E-state index contributed by atoms with van der Waals surface area (Å²) in [5.41, 5.74) is 3.19. The van der Waals surface area contributed by atoms with Crippen LogP contribution in [0.2, 0.25) is 0 Å². The predicted octanol–water partition coefficient (Wildman–Crippen LogP) is 3.85. The third kappa shape index (κ3) is 4.19. The normalized spacial score (nSPS) is 26.4. The number of carbonyl (C=O) groups excluding carboxylic acids is 1. The molecule has 0 bridgehead atoms. The van der Waals surface area contributed by atoms with Gasteiger partial charge in [0, 0.05) is 44.2 Å². The van der Waals surface area contributed by atoms with Crippen LogP contribution in [0.15, 0.2) is 23.0 Å². The van der Waals surface area contributed by atoms with Crippen molar-refractivity contribution in [1.29, 1.82) is 0 Å². The molecule has 2 aliphatic heterocycles. The van der Waals surface area contributed by atoms with Gasteiger partial charge >= 0.3 is 5.69 Å². The fourth-order valence-electron chi connectivity index (χ4n) is 6.16. The Morgan fingerprint density at radius 3 is 2.32 bits per heavy atom. The van der Waals surface area contributed by atoms with E-state index in [0.29, 0.717) is 11.9 Å². The Morgan fingerprint density at radius 1 is 0.903 bits per heavy atom. The van der Waals surface area contributed by atoms with Gasteiger partial charge in [-0.25, -0.2) is 4.79 Å². The van der Waals surface area contributed by atoms with E-state index < -0.39 is 0 Å². The lowest BCUT2D eigenvalue weighted by Gasteiger charge is -2.41. The second-order valence-electron chi connectivity index (χ2n) is 9.98. The molecule has 1 aromatic carbocycles. The van der Waals surface area contributed by atoms with Crippen LogP contribution in [0.5, 0.6) is 0 Å². The number of amides is 1. The van der Waals surface area contributed by atoms with Gasteiger partial charge in [-0.2, -0.15) is 0 Å². The van der Waals surface area contributed by atoms with Crippen LogP contribution in [-0.2, 0) is 4.79 Å². The number of rotatable bonds is 3.